The molecule has 0 atom stereocenters. The molecule has 0 aliphatic heterocycles. The van der Waals surface area contributed by atoms with Crippen LogP contribution in [0.1, 0.15) is 25.7 Å². The number of hydrogen-bond acceptors (Lipinski definition) is 2. The van der Waals surface area contributed by atoms with Gasteiger partial charge in [-0.3, -0.25) is 0 Å². The Morgan fingerprint density at radius 3 is 2.80 bits per heavy atom. The van der Waals surface area contributed by atoms with Crippen LogP contribution in [0.4, 0.5) is 0 Å². The topological polar surface area (TPSA) is 41.6 Å². The molecule has 52 valence electrons. The third kappa shape index (κ3) is 1.01. The van der Waals surface area contributed by atoms with E-state index in [0.717, 1.165) is 0 Å². The normalized spacial score (nSPS) is 9.80. The van der Waals surface area contributed by atoms with Crippen molar-refractivity contribution in [2.75, 3.05) is 0 Å². The molecule has 1 rings (SSSR count). The van der Waals surface area contributed by atoms with Crippen LogP contribution in [-0.4, -0.2) is 9.55 Å². The van der Waals surface area contributed by atoms with E-state index in [0.29, 0.717) is 11.9 Å². The molecule has 0 saturated carbocycles. The Morgan fingerprint density at radius 1 is 1.70 bits per heavy atom. The Labute approximate surface area is 59.9 Å². The largest absolute Gasteiger partial charge is 0.320 e. The van der Waals surface area contributed by atoms with E-state index in [-0.39, 0.29) is 0 Å². The minimum atomic E-state index is 0.317. The van der Waals surface area contributed by atoms with Crippen molar-refractivity contribution in [1.82, 2.24) is 9.55 Å². The summed E-state index contributed by atoms with van der Waals surface area (Å²) in [5.74, 6) is 0.481. The quantitative estimate of drug-likeness (QED) is 0.583. The summed E-state index contributed by atoms with van der Waals surface area (Å²) < 4.78 is 1.83. The maximum Gasteiger partial charge on any atom is 0.212 e. The zero-order valence-electron chi connectivity index (χ0n) is 6.07. The second-order valence-corrected chi connectivity index (χ2v) is 2.36. The Morgan fingerprint density at radius 2 is 2.40 bits per heavy atom. The third-order valence-electron chi connectivity index (χ3n) is 1.32. The number of rotatable bonds is 1. The fraction of sp³-hybridized carbons (Fsp3) is 0.429. The molecule has 0 unspecified atom stereocenters. The second-order valence-electron chi connectivity index (χ2n) is 2.36. The molecule has 1 aromatic rings. The van der Waals surface area contributed by atoms with Gasteiger partial charge in [0.2, 0.25) is 5.82 Å². The summed E-state index contributed by atoms with van der Waals surface area (Å²) in [6.45, 7) is 4.03. The van der Waals surface area contributed by atoms with E-state index >= 15 is 0 Å². The van der Waals surface area contributed by atoms with Crippen molar-refractivity contribution in [3.63, 3.8) is 0 Å². The van der Waals surface area contributed by atoms with Crippen LogP contribution in [0.2, 0.25) is 0 Å². The van der Waals surface area contributed by atoms with E-state index in [1.807, 2.05) is 30.7 Å². The van der Waals surface area contributed by atoms with Gasteiger partial charge in [-0.15, -0.1) is 0 Å². The lowest BCUT2D eigenvalue weighted by molar-refractivity contribution is 0.592. The van der Waals surface area contributed by atoms with Crippen molar-refractivity contribution in [3.05, 3.63) is 18.2 Å². The molecule has 0 aliphatic carbocycles. The van der Waals surface area contributed by atoms with Crippen molar-refractivity contribution in [3.8, 4) is 6.07 Å². The summed E-state index contributed by atoms with van der Waals surface area (Å²) in [7, 11) is 0. The molecule has 10 heavy (non-hydrogen) atoms. The summed E-state index contributed by atoms with van der Waals surface area (Å²) in [6.07, 6.45) is 3.45. The Kier molecular flexibility index (Phi) is 1.72. The monoisotopic (exact) mass is 135 g/mol. The summed E-state index contributed by atoms with van der Waals surface area (Å²) in [5.41, 5.74) is 0. The van der Waals surface area contributed by atoms with Gasteiger partial charge in [0, 0.05) is 18.4 Å². The van der Waals surface area contributed by atoms with Crippen molar-refractivity contribution >= 4 is 0 Å². The van der Waals surface area contributed by atoms with E-state index in [9.17, 15) is 0 Å². The van der Waals surface area contributed by atoms with Gasteiger partial charge in [0.1, 0.15) is 6.07 Å². The minimum Gasteiger partial charge on any atom is -0.320 e. The van der Waals surface area contributed by atoms with Crippen LogP contribution in [0.25, 0.3) is 0 Å². The van der Waals surface area contributed by atoms with Crippen LogP contribution in [0.3, 0.4) is 0 Å². The van der Waals surface area contributed by atoms with E-state index in [4.69, 9.17) is 5.26 Å². The average Bonchev–Trinajstić information content (AvgIpc) is 2.33. The molecule has 1 heterocycles. The molecule has 0 bridgehead atoms. The van der Waals surface area contributed by atoms with Crippen LogP contribution >= 0.6 is 0 Å². The summed E-state index contributed by atoms with van der Waals surface area (Å²) in [6, 6.07) is 2.33. The van der Waals surface area contributed by atoms with Crippen molar-refractivity contribution in [1.29, 1.82) is 5.26 Å². The highest BCUT2D eigenvalue weighted by Gasteiger charge is 2.02. The van der Waals surface area contributed by atoms with Gasteiger partial charge in [-0.2, -0.15) is 5.26 Å². The standard InChI is InChI=1S/C7H9N3/c1-6(2)10-4-3-9-7(10)5-8/h3-4,6H,1-2H3. The lowest BCUT2D eigenvalue weighted by atomic mass is 10.4. The van der Waals surface area contributed by atoms with Gasteiger partial charge in [0.15, 0.2) is 0 Å². The smallest absolute Gasteiger partial charge is 0.212 e. The van der Waals surface area contributed by atoms with Crippen LogP contribution < -0.4 is 0 Å². The predicted molar refractivity (Wildman–Crippen MR) is 37.3 cm³/mol. The maximum absolute atomic E-state index is 8.52. The zero-order valence-corrected chi connectivity index (χ0v) is 6.07. The minimum absolute atomic E-state index is 0.317. The lowest BCUT2D eigenvalue weighted by Gasteiger charge is -2.05. The lowest BCUT2D eigenvalue weighted by Crippen LogP contribution is -2.01. The number of aromatic nitrogens is 2. The molecule has 0 radical (unpaired) electrons. The first-order valence-electron chi connectivity index (χ1n) is 3.18. The van der Waals surface area contributed by atoms with Gasteiger partial charge < -0.3 is 4.57 Å². The van der Waals surface area contributed by atoms with Crippen molar-refractivity contribution in [2.24, 2.45) is 0 Å². The zero-order chi connectivity index (χ0) is 7.56. The molecule has 0 fully saturated rings. The Bertz CT molecular complexity index is 254. The van der Waals surface area contributed by atoms with E-state index in [1.165, 1.54) is 0 Å². The molecule has 3 heteroatoms. The highest BCUT2D eigenvalue weighted by molar-refractivity contribution is 5.11. The molecular weight excluding hydrogens is 126 g/mol. The fourth-order valence-electron chi connectivity index (χ4n) is 0.816. The number of imidazole rings is 1. The molecule has 3 nitrogen and oxygen atoms in total. The van der Waals surface area contributed by atoms with E-state index < -0.39 is 0 Å². The predicted octanol–water partition coefficient (Wildman–Crippen LogP) is 1.34. The number of hydrogen-bond donors (Lipinski definition) is 0. The van der Waals surface area contributed by atoms with E-state index in [2.05, 4.69) is 4.98 Å². The molecule has 0 spiro atoms. The third-order valence-corrected chi connectivity index (χ3v) is 1.32. The first-order valence-corrected chi connectivity index (χ1v) is 3.18. The van der Waals surface area contributed by atoms with Crippen molar-refractivity contribution in [2.45, 2.75) is 19.9 Å². The molecule has 1 aromatic heterocycles. The van der Waals surface area contributed by atoms with Gasteiger partial charge in [0.25, 0.3) is 0 Å². The Hall–Kier alpha value is -1.30. The van der Waals surface area contributed by atoms with Crippen LogP contribution in [0.15, 0.2) is 12.4 Å². The average molecular weight is 135 g/mol. The summed E-state index contributed by atoms with van der Waals surface area (Å²) in [4.78, 5) is 3.86. The fourth-order valence-corrected chi connectivity index (χ4v) is 0.816. The van der Waals surface area contributed by atoms with Gasteiger partial charge >= 0.3 is 0 Å². The van der Waals surface area contributed by atoms with Gasteiger partial charge in [-0.1, -0.05) is 0 Å². The summed E-state index contributed by atoms with van der Waals surface area (Å²) in [5, 5.41) is 8.52. The SMILES string of the molecule is CC(C)n1ccnc1C#N. The first-order chi connectivity index (χ1) is 4.75. The molecule has 0 aromatic carbocycles. The van der Waals surface area contributed by atoms with Crippen LogP contribution in [-0.2, 0) is 0 Å². The highest BCUT2D eigenvalue weighted by atomic mass is 15.1. The molecule has 0 N–H and O–H groups in total. The van der Waals surface area contributed by atoms with Crippen LogP contribution in [0, 0.1) is 11.3 Å². The highest BCUT2D eigenvalue weighted by Crippen LogP contribution is 2.05. The Balaban J connectivity index is 3.05. The molecule has 0 amide bonds. The molecule has 0 aliphatic rings. The van der Waals surface area contributed by atoms with Gasteiger partial charge in [-0.25, -0.2) is 4.98 Å². The van der Waals surface area contributed by atoms with Crippen molar-refractivity contribution < 1.29 is 0 Å². The van der Waals surface area contributed by atoms with Gasteiger partial charge in [0.05, 0.1) is 0 Å². The molecule has 0 saturated heterocycles. The van der Waals surface area contributed by atoms with Crippen LogP contribution in [0.5, 0.6) is 0 Å². The number of nitriles is 1. The number of nitrogens with zero attached hydrogens (tertiary/aromatic N) is 3. The molecular formula is C7H9N3. The summed E-state index contributed by atoms with van der Waals surface area (Å²) >= 11 is 0. The second kappa shape index (κ2) is 2.53. The maximum atomic E-state index is 8.52. The van der Waals surface area contributed by atoms with E-state index in [1.54, 1.807) is 6.20 Å². The van der Waals surface area contributed by atoms with Gasteiger partial charge in [-0.05, 0) is 13.8 Å². The first kappa shape index (κ1) is 6.81.